The Bertz CT molecular complexity index is 695. The molecule has 2 rings (SSSR count). The van der Waals surface area contributed by atoms with Crippen LogP contribution in [0.15, 0.2) is 24.3 Å². The van der Waals surface area contributed by atoms with Gasteiger partial charge < -0.3 is 24.8 Å². The van der Waals surface area contributed by atoms with Crippen LogP contribution < -0.4 is 4.74 Å². The second-order valence-electron chi connectivity index (χ2n) is 6.34. The van der Waals surface area contributed by atoms with E-state index in [1.807, 2.05) is 0 Å². The Hall–Kier alpha value is -2.38. The topological polar surface area (TPSA) is 113 Å². The van der Waals surface area contributed by atoms with Crippen LogP contribution in [-0.4, -0.2) is 52.5 Å². The van der Waals surface area contributed by atoms with Gasteiger partial charge in [0, 0.05) is 12.5 Å². The average molecular weight is 364 g/mol. The highest BCUT2D eigenvalue weighted by atomic mass is 16.5. The molecule has 0 spiro atoms. The fourth-order valence-corrected chi connectivity index (χ4v) is 2.82. The molecule has 1 aromatic carbocycles. The SMILES string of the molecule is COc1cc(O)c2c(c1)CCCC(O)C(O)C(=O)/C=C\CC(C)OC2=O. The van der Waals surface area contributed by atoms with Crippen LogP contribution in [0.25, 0.3) is 0 Å². The van der Waals surface area contributed by atoms with Crippen LogP contribution in [0, 0.1) is 0 Å². The molecule has 142 valence electrons. The fourth-order valence-electron chi connectivity index (χ4n) is 2.82. The monoisotopic (exact) mass is 364 g/mol. The van der Waals surface area contributed by atoms with Crippen LogP contribution in [0.2, 0.25) is 0 Å². The van der Waals surface area contributed by atoms with Gasteiger partial charge in [0.1, 0.15) is 29.3 Å². The third-order valence-corrected chi connectivity index (χ3v) is 4.27. The number of phenolic OH excluding ortho intramolecular Hbond substituents is 1. The van der Waals surface area contributed by atoms with Gasteiger partial charge in [-0.1, -0.05) is 6.08 Å². The Labute approximate surface area is 151 Å². The van der Waals surface area contributed by atoms with Crippen molar-refractivity contribution in [3.05, 3.63) is 35.4 Å². The van der Waals surface area contributed by atoms with E-state index in [9.17, 15) is 24.9 Å². The lowest BCUT2D eigenvalue weighted by atomic mass is 9.97. The van der Waals surface area contributed by atoms with E-state index in [2.05, 4.69) is 0 Å². The quantitative estimate of drug-likeness (QED) is 0.648. The van der Waals surface area contributed by atoms with Gasteiger partial charge in [0.15, 0.2) is 5.78 Å². The number of aryl methyl sites for hydroxylation is 1. The molecule has 7 nitrogen and oxygen atoms in total. The molecule has 3 N–H and O–H groups in total. The van der Waals surface area contributed by atoms with Gasteiger partial charge in [0.2, 0.25) is 0 Å². The highest BCUT2D eigenvalue weighted by molar-refractivity contribution is 5.95. The summed E-state index contributed by atoms with van der Waals surface area (Å²) in [7, 11) is 1.45. The predicted molar refractivity (Wildman–Crippen MR) is 93.3 cm³/mol. The summed E-state index contributed by atoms with van der Waals surface area (Å²) < 4.78 is 10.5. The van der Waals surface area contributed by atoms with E-state index in [1.54, 1.807) is 13.0 Å². The van der Waals surface area contributed by atoms with Crippen LogP contribution in [0.5, 0.6) is 11.5 Å². The van der Waals surface area contributed by atoms with Crippen molar-refractivity contribution in [2.24, 2.45) is 0 Å². The van der Waals surface area contributed by atoms with Crippen molar-refractivity contribution < 1.29 is 34.4 Å². The average Bonchev–Trinajstić information content (AvgIpc) is 2.59. The van der Waals surface area contributed by atoms with E-state index in [-0.39, 0.29) is 24.2 Å². The molecule has 7 heteroatoms. The van der Waals surface area contributed by atoms with Crippen molar-refractivity contribution in [2.75, 3.05) is 7.11 Å². The molecule has 0 aliphatic carbocycles. The minimum atomic E-state index is -1.50. The number of phenols is 1. The number of esters is 1. The Morgan fingerprint density at radius 3 is 2.65 bits per heavy atom. The van der Waals surface area contributed by atoms with Gasteiger partial charge >= 0.3 is 5.97 Å². The number of fused-ring (bicyclic) bond motifs is 1. The molecule has 1 heterocycles. The molecule has 0 saturated carbocycles. The zero-order valence-corrected chi connectivity index (χ0v) is 14.8. The molecular weight excluding hydrogens is 340 g/mol. The number of ketones is 1. The number of aliphatic hydroxyl groups excluding tert-OH is 2. The molecule has 0 bridgehead atoms. The lowest BCUT2D eigenvalue weighted by molar-refractivity contribution is -0.128. The van der Waals surface area contributed by atoms with Crippen molar-refractivity contribution in [2.45, 2.75) is 50.9 Å². The molecule has 0 aromatic heterocycles. The van der Waals surface area contributed by atoms with E-state index < -0.39 is 30.1 Å². The molecule has 3 atom stereocenters. The summed E-state index contributed by atoms with van der Waals surface area (Å²) in [6.07, 6.45) is 0.556. The summed E-state index contributed by atoms with van der Waals surface area (Å²) in [5, 5.41) is 30.1. The molecule has 0 amide bonds. The van der Waals surface area contributed by atoms with Crippen LogP contribution in [-0.2, 0) is 16.0 Å². The molecule has 1 aliphatic heterocycles. The summed E-state index contributed by atoms with van der Waals surface area (Å²) >= 11 is 0. The summed E-state index contributed by atoms with van der Waals surface area (Å²) in [5.41, 5.74) is 0.574. The van der Waals surface area contributed by atoms with E-state index in [0.29, 0.717) is 24.2 Å². The number of aromatic hydroxyl groups is 1. The van der Waals surface area contributed by atoms with Gasteiger partial charge in [-0.2, -0.15) is 0 Å². The first kappa shape index (κ1) is 19.9. The molecule has 1 aromatic rings. The second kappa shape index (κ2) is 8.82. The highest BCUT2D eigenvalue weighted by Gasteiger charge is 2.25. The van der Waals surface area contributed by atoms with Crippen molar-refractivity contribution in [3.63, 3.8) is 0 Å². The smallest absolute Gasteiger partial charge is 0.342 e. The maximum absolute atomic E-state index is 12.5. The van der Waals surface area contributed by atoms with Crippen molar-refractivity contribution in [1.82, 2.24) is 0 Å². The fraction of sp³-hybridized carbons (Fsp3) is 0.474. The lowest BCUT2D eigenvalue weighted by Crippen LogP contribution is -2.33. The van der Waals surface area contributed by atoms with Crippen LogP contribution in [0.3, 0.4) is 0 Å². The van der Waals surface area contributed by atoms with E-state index in [0.717, 1.165) is 0 Å². The number of rotatable bonds is 1. The van der Waals surface area contributed by atoms with Gasteiger partial charge in [-0.3, -0.25) is 4.79 Å². The first-order valence-electron chi connectivity index (χ1n) is 8.50. The summed E-state index contributed by atoms with van der Waals surface area (Å²) in [6.45, 7) is 1.66. The third-order valence-electron chi connectivity index (χ3n) is 4.27. The largest absolute Gasteiger partial charge is 0.507 e. The Kier molecular flexibility index (Phi) is 6.76. The standard InChI is InChI=1S/C19H24O7/c1-11-5-3-7-14(20)18(23)15(21)8-4-6-12-9-13(25-2)10-16(22)17(12)19(24)26-11/h3,7,9-11,15,18,21-23H,4-6,8H2,1-2H3/b7-3-. The number of carbonyl (C=O) groups excluding carboxylic acids is 2. The van der Waals surface area contributed by atoms with Crippen molar-refractivity contribution in [1.29, 1.82) is 0 Å². The number of hydrogen-bond donors (Lipinski definition) is 3. The molecule has 26 heavy (non-hydrogen) atoms. The van der Waals surface area contributed by atoms with Gasteiger partial charge in [-0.15, -0.1) is 0 Å². The van der Waals surface area contributed by atoms with Gasteiger partial charge in [0.25, 0.3) is 0 Å². The first-order chi connectivity index (χ1) is 12.3. The maximum atomic E-state index is 12.5. The van der Waals surface area contributed by atoms with Gasteiger partial charge in [-0.25, -0.2) is 4.79 Å². The molecule has 0 saturated heterocycles. The van der Waals surface area contributed by atoms with Crippen LogP contribution in [0.1, 0.15) is 42.1 Å². The summed E-state index contributed by atoms with van der Waals surface area (Å²) in [5.74, 6) is -1.10. The Balaban J connectivity index is 2.36. The number of ether oxygens (including phenoxy) is 2. The number of aliphatic hydroxyl groups is 2. The second-order valence-corrected chi connectivity index (χ2v) is 6.34. The van der Waals surface area contributed by atoms with Gasteiger partial charge in [-0.05, 0) is 43.9 Å². The summed E-state index contributed by atoms with van der Waals surface area (Å²) in [6, 6.07) is 2.96. The maximum Gasteiger partial charge on any atom is 0.342 e. The Morgan fingerprint density at radius 1 is 1.23 bits per heavy atom. The number of carbonyl (C=O) groups is 2. The normalized spacial score (nSPS) is 26.4. The van der Waals surface area contributed by atoms with Crippen LogP contribution in [0.4, 0.5) is 0 Å². The van der Waals surface area contributed by atoms with Crippen molar-refractivity contribution in [3.8, 4) is 11.5 Å². The van der Waals surface area contributed by atoms with Crippen molar-refractivity contribution >= 4 is 11.8 Å². The minimum Gasteiger partial charge on any atom is -0.507 e. The van der Waals surface area contributed by atoms with Crippen LogP contribution >= 0.6 is 0 Å². The molecule has 0 radical (unpaired) electrons. The zero-order chi connectivity index (χ0) is 19.3. The van der Waals surface area contributed by atoms with Gasteiger partial charge in [0.05, 0.1) is 13.2 Å². The number of hydrogen-bond acceptors (Lipinski definition) is 7. The minimum absolute atomic E-state index is 0.0600. The Morgan fingerprint density at radius 2 is 1.96 bits per heavy atom. The third kappa shape index (κ3) is 4.83. The van der Waals surface area contributed by atoms with E-state index in [4.69, 9.17) is 9.47 Å². The number of benzene rings is 1. The first-order valence-corrected chi connectivity index (χ1v) is 8.50. The molecule has 3 unspecified atom stereocenters. The lowest BCUT2D eigenvalue weighted by Gasteiger charge is -2.18. The zero-order valence-electron chi connectivity index (χ0n) is 14.8. The predicted octanol–water partition coefficient (Wildman–Crippen LogP) is 1.52. The summed E-state index contributed by atoms with van der Waals surface area (Å²) in [4.78, 5) is 24.3. The molecule has 1 aliphatic rings. The van der Waals surface area contributed by atoms with E-state index in [1.165, 1.54) is 25.3 Å². The molecular formula is C19H24O7. The van der Waals surface area contributed by atoms with E-state index >= 15 is 0 Å². The highest BCUT2D eigenvalue weighted by Crippen LogP contribution is 2.30. The number of methoxy groups -OCH3 is 1. The molecule has 0 fully saturated rings. The number of cyclic esters (lactones) is 1.